The summed E-state index contributed by atoms with van der Waals surface area (Å²) in [5.74, 6) is 0. The Labute approximate surface area is 96.3 Å². The second kappa shape index (κ2) is 7.04. The molecular formula is C10H16Cl2N2. The van der Waals surface area contributed by atoms with E-state index in [1.54, 1.807) is 6.20 Å². The Bertz CT molecular complexity index is 266. The summed E-state index contributed by atoms with van der Waals surface area (Å²) in [7, 11) is 0. The third kappa shape index (κ3) is 3.82. The number of aromatic nitrogens is 1. The Hall–Kier alpha value is -0.310. The normalized spacial score (nSPS) is 11.9. The maximum Gasteiger partial charge on any atom is 0.133 e. The lowest BCUT2D eigenvalue weighted by Gasteiger charge is -2.11. The van der Waals surface area contributed by atoms with Crippen molar-refractivity contribution in [1.82, 2.24) is 4.98 Å². The zero-order valence-electron chi connectivity index (χ0n) is 8.24. The van der Waals surface area contributed by atoms with Crippen LogP contribution in [0.3, 0.4) is 0 Å². The predicted octanol–water partition coefficient (Wildman–Crippen LogP) is 3.35. The van der Waals surface area contributed by atoms with Crippen LogP contribution in [0.1, 0.15) is 37.8 Å². The number of nitrogens with two attached hydrogens (primary N) is 1. The van der Waals surface area contributed by atoms with Gasteiger partial charge in [-0.15, -0.1) is 12.4 Å². The Morgan fingerprint density at radius 1 is 1.57 bits per heavy atom. The third-order valence-corrected chi connectivity index (χ3v) is 2.37. The molecule has 0 aromatic carbocycles. The molecule has 80 valence electrons. The second-order valence-electron chi connectivity index (χ2n) is 3.13. The molecule has 0 unspecified atom stereocenters. The topological polar surface area (TPSA) is 38.9 Å². The highest BCUT2D eigenvalue weighted by Gasteiger charge is 2.09. The van der Waals surface area contributed by atoms with Crippen molar-refractivity contribution in [3.05, 3.63) is 29.0 Å². The van der Waals surface area contributed by atoms with Crippen molar-refractivity contribution in [2.24, 2.45) is 5.73 Å². The summed E-state index contributed by atoms with van der Waals surface area (Å²) in [6.07, 6.45) is 4.94. The van der Waals surface area contributed by atoms with Crippen LogP contribution in [0.2, 0.25) is 5.15 Å². The number of hydrogen-bond acceptors (Lipinski definition) is 2. The molecule has 0 amide bonds. The third-order valence-electron chi connectivity index (χ3n) is 2.06. The minimum Gasteiger partial charge on any atom is -0.324 e. The van der Waals surface area contributed by atoms with E-state index in [-0.39, 0.29) is 18.4 Å². The molecule has 0 saturated heterocycles. The summed E-state index contributed by atoms with van der Waals surface area (Å²) >= 11 is 5.91. The molecule has 0 aliphatic carbocycles. The van der Waals surface area contributed by atoms with Crippen molar-refractivity contribution in [3.63, 3.8) is 0 Å². The number of hydrogen-bond donors (Lipinski definition) is 1. The molecule has 0 spiro atoms. The van der Waals surface area contributed by atoms with Crippen molar-refractivity contribution in [2.45, 2.75) is 32.2 Å². The Balaban J connectivity index is 0.00000169. The average molecular weight is 235 g/mol. The van der Waals surface area contributed by atoms with Crippen LogP contribution in [0.4, 0.5) is 0 Å². The van der Waals surface area contributed by atoms with Crippen molar-refractivity contribution in [1.29, 1.82) is 0 Å². The zero-order chi connectivity index (χ0) is 9.68. The molecule has 14 heavy (non-hydrogen) atoms. The van der Waals surface area contributed by atoms with Crippen LogP contribution < -0.4 is 5.73 Å². The van der Waals surface area contributed by atoms with Gasteiger partial charge in [0, 0.05) is 17.8 Å². The van der Waals surface area contributed by atoms with Gasteiger partial charge in [-0.2, -0.15) is 0 Å². The van der Waals surface area contributed by atoms with Gasteiger partial charge in [-0.05, 0) is 12.5 Å². The minimum absolute atomic E-state index is 0. The number of halogens is 2. The van der Waals surface area contributed by atoms with Crippen LogP contribution in [0.25, 0.3) is 0 Å². The first-order valence-electron chi connectivity index (χ1n) is 4.61. The van der Waals surface area contributed by atoms with Gasteiger partial charge in [-0.25, -0.2) is 4.98 Å². The largest absolute Gasteiger partial charge is 0.324 e. The maximum atomic E-state index is 5.96. The molecule has 0 saturated carbocycles. The van der Waals surface area contributed by atoms with Crippen molar-refractivity contribution >= 4 is 24.0 Å². The highest BCUT2D eigenvalue weighted by Crippen LogP contribution is 2.22. The van der Waals surface area contributed by atoms with Gasteiger partial charge in [0.25, 0.3) is 0 Å². The van der Waals surface area contributed by atoms with Crippen LogP contribution in [0.15, 0.2) is 18.3 Å². The quantitative estimate of drug-likeness (QED) is 0.813. The van der Waals surface area contributed by atoms with Gasteiger partial charge in [-0.1, -0.05) is 37.4 Å². The molecule has 2 nitrogen and oxygen atoms in total. The van der Waals surface area contributed by atoms with Crippen molar-refractivity contribution in [2.75, 3.05) is 0 Å². The van der Waals surface area contributed by atoms with Crippen LogP contribution >= 0.6 is 24.0 Å². The maximum absolute atomic E-state index is 5.96. The smallest absolute Gasteiger partial charge is 0.133 e. The fraction of sp³-hybridized carbons (Fsp3) is 0.500. The molecule has 1 rings (SSSR count). The van der Waals surface area contributed by atoms with E-state index in [9.17, 15) is 0 Å². The lowest BCUT2D eigenvalue weighted by atomic mass is 10.0. The summed E-state index contributed by atoms with van der Waals surface area (Å²) < 4.78 is 0. The fourth-order valence-corrected chi connectivity index (χ4v) is 1.51. The Morgan fingerprint density at radius 3 is 2.86 bits per heavy atom. The number of rotatable bonds is 4. The second-order valence-corrected chi connectivity index (χ2v) is 3.49. The minimum atomic E-state index is 0. The first-order chi connectivity index (χ1) is 6.25. The van der Waals surface area contributed by atoms with Gasteiger partial charge in [-0.3, -0.25) is 0 Å². The SMILES string of the molecule is CCCC[C@@H](N)c1cccnc1Cl.Cl. The number of nitrogens with zero attached hydrogens (tertiary/aromatic N) is 1. The molecular weight excluding hydrogens is 219 g/mol. The van der Waals surface area contributed by atoms with Crippen LogP contribution in [0.5, 0.6) is 0 Å². The fourth-order valence-electron chi connectivity index (χ4n) is 1.25. The number of pyridine rings is 1. The first-order valence-corrected chi connectivity index (χ1v) is 4.99. The molecule has 1 aromatic heterocycles. The molecule has 1 heterocycles. The summed E-state index contributed by atoms with van der Waals surface area (Å²) in [5.41, 5.74) is 6.91. The summed E-state index contributed by atoms with van der Waals surface area (Å²) in [6, 6.07) is 3.84. The zero-order valence-corrected chi connectivity index (χ0v) is 9.81. The van der Waals surface area contributed by atoms with Gasteiger partial charge in [0.05, 0.1) is 0 Å². The first kappa shape index (κ1) is 13.7. The lowest BCUT2D eigenvalue weighted by molar-refractivity contribution is 0.602. The van der Waals surface area contributed by atoms with E-state index in [1.807, 2.05) is 12.1 Å². The molecule has 2 N–H and O–H groups in total. The van der Waals surface area contributed by atoms with E-state index in [2.05, 4.69) is 11.9 Å². The van der Waals surface area contributed by atoms with Gasteiger partial charge in [0.15, 0.2) is 0 Å². The average Bonchev–Trinajstić information content (AvgIpc) is 2.15. The van der Waals surface area contributed by atoms with Crippen LogP contribution in [0, 0.1) is 0 Å². The monoisotopic (exact) mass is 234 g/mol. The van der Waals surface area contributed by atoms with Gasteiger partial charge in [0.1, 0.15) is 5.15 Å². The molecule has 0 fully saturated rings. The highest BCUT2D eigenvalue weighted by molar-refractivity contribution is 6.30. The van der Waals surface area contributed by atoms with Gasteiger partial charge < -0.3 is 5.73 Å². The molecule has 0 aliphatic heterocycles. The van der Waals surface area contributed by atoms with Crippen LogP contribution in [-0.4, -0.2) is 4.98 Å². The van der Waals surface area contributed by atoms with Gasteiger partial charge >= 0.3 is 0 Å². The van der Waals surface area contributed by atoms with E-state index in [0.29, 0.717) is 5.15 Å². The van der Waals surface area contributed by atoms with Gasteiger partial charge in [0.2, 0.25) is 0 Å². The van der Waals surface area contributed by atoms with E-state index < -0.39 is 0 Å². The van der Waals surface area contributed by atoms with Crippen LogP contribution in [-0.2, 0) is 0 Å². The molecule has 0 bridgehead atoms. The summed E-state index contributed by atoms with van der Waals surface area (Å²) in [5, 5.41) is 0.533. The lowest BCUT2D eigenvalue weighted by Crippen LogP contribution is -2.10. The summed E-state index contributed by atoms with van der Waals surface area (Å²) in [4.78, 5) is 3.99. The molecule has 0 aliphatic rings. The van der Waals surface area contributed by atoms with E-state index in [4.69, 9.17) is 17.3 Å². The molecule has 0 radical (unpaired) electrons. The standard InChI is InChI=1S/C10H15ClN2.ClH/c1-2-3-6-9(12)8-5-4-7-13-10(8)11;/h4-5,7,9H,2-3,6,12H2,1H3;1H/t9-;/m1./s1. The van der Waals surface area contributed by atoms with E-state index in [0.717, 1.165) is 24.8 Å². The molecule has 1 atom stereocenters. The summed E-state index contributed by atoms with van der Waals surface area (Å²) in [6.45, 7) is 2.15. The highest BCUT2D eigenvalue weighted by atomic mass is 35.5. The van der Waals surface area contributed by atoms with E-state index >= 15 is 0 Å². The van der Waals surface area contributed by atoms with Crippen molar-refractivity contribution in [3.8, 4) is 0 Å². The van der Waals surface area contributed by atoms with Crippen molar-refractivity contribution < 1.29 is 0 Å². The Kier molecular flexibility index (Phi) is 6.89. The van der Waals surface area contributed by atoms with E-state index in [1.165, 1.54) is 0 Å². The molecule has 1 aromatic rings. The number of unbranched alkanes of at least 4 members (excludes halogenated alkanes) is 1. The Morgan fingerprint density at radius 2 is 2.29 bits per heavy atom. The predicted molar refractivity (Wildman–Crippen MR) is 62.9 cm³/mol. The molecule has 4 heteroatoms.